The fourth-order valence-electron chi connectivity index (χ4n) is 3.06. The fraction of sp³-hybridized carbons (Fsp3) is 0.444. The quantitative estimate of drug-likeness (QED) is 0.790. The molecular formula is C18H25N5. The van der Waals surface area contributed by atoms with Crippen LogP contribution < -0.4 is 16.4 Å². The molecule has 2 aromatic rings. The van der Waals surface area contributed by atoms with Crippen molar-refractivity contribution in [2.75, 3.05) is 16.4 Å². The molecule has 0 amide bonds. The van der Waals surface area contributed by atoms with E-state index in [2.05, 4.69) is 40.5 Å². The highest BCUT2D eigenvalue weighted by Crippen LogP contribution is 2.30. The van der Waals surface area contributed by atoms with Crippen LogP contribution in [-0.4, -0.2) is 16.0 Å². The van der Waals surface area contributed by atoms with E-state index in [1.54, 1.807) is 6.33 Å². The van der Waals surface area contributed by atoms with Crippen molar-refractivity contribution in [1.82, 2.24) is 9.97 Å². The Bertz CT molecular complexity index is 677. The number of aryl methyl sites for hydroxylation is 1. The molecule has 23 heavy (non-hydrogen) atoms. The standard InChI is InChI=1S/C18H25N5/c1-12-7-6-10-15(13(12)2)23-18-16(19)17(20-11-21-18)22-14-8-4-3-5-9-14/h6-7,10-11,14H,3-5,8-9,19H2,1-2H3,(H2,20,21,22,23). The van der Waals surface area contributed by atoms with Crippen LogP contribution in [0.15, 0.2) is 24.5 Å². The van der Waals surface area contributed by atoms with Gasteiger partial charge in [-0.3, -0.25) is 0 Å². The van der Waals surface area contributed by atoms with Crippen LogP contribution in [0.4, 0.5) is 23.0 Å². The minimum Gasteiger partial charge on any atom is -0.393 e. The Morgan fingerprint density at radius 1 is 1.04 bits per heavy atom. The van der Waals surface area contributed by atoms with Crippen LogP contribution >= 0.6 is 0 Å². The van der Waals surface area contributed by atoms with Gasteiger partial charge < -0.3 is 16.4 Å². The van der Waals surface area contributed by atoms with E-state index in [1.165, 1.54) is 43.2 Å². The minimum absolute atomic E-state index is 0.467. The largest absolute Gasteiger partial charge is 0.393 e. The van der Waals surface area contributed by atoms with Crippen molar-refractivity contribution in [2.45, 2.75) is 52.0 Å². The van der Waals surface area contributed by atoms with Crippen molar-refractivity contribution in [1.29, 1.82) is 0 Å². The number of nitrogens with one attached hydrogen (secondary N) is 2. The maximum absolute atomic E-state index is 6.29. The van der Waals surface area contributed by atoms with E-state index in [0.717, 1.165) is 11.5 Å². The number of nitrogen functional groups attached to an aromatic ring is 1. The molecule has 1 aromatic carbocycles. The smallest absolute Gasteiger partial charge is 0.159 e. The zero-order valence-electron chi connectivity index (χ0n) is 13.9. The summed E-state index contributed by atoms with van der Waals surface area (Å²) in [6.07, 6.45) is 7.81. The Balaban J connectivity index is 1.80. The first-order valence-corrected chi connectivity index (χ1v) is 8.35. The Morgan fingerprint density at radius 3 is 2.57 bits per heavy atom. The lowest BCUT2D eigenvalue weighted by atomic mass is 9.95. The van der Waals surface area contributed by atoms with Crippen molar-refractivity contribution in [2.24, 2.45) is 0 Å². The summed E-state index contributed by atoms with van der Waals surface area (Å²) in [5.41, 5.74) is 10.3. The van der Waals surface area contributed by atoms with Gasteiger partial charge in [0.05, 0.1) is 0 Å². The van der Waals surface area contributed by atoms with E-state index < -0.39 is 0 Å². The van der Waals surface area contributed by atoms with E-state index in [1.807, 2.05) is 12.1 Å². The van der Waals surface area contributed by atoms with E-state index in [-0.39, 0.29) is 0 Å². The monoisotopic (exact) mass is 311 g/mol. The van der Waals surface area contributed by atoms with Gasteiger partial charge in [-0.15, -0.1) is 0 Å². The van der Waals surface area contributed by atoms with Gasteiger partial charge >= 0.3 is 0 Å². The second-order valence-corrected chi connectivity index (χ2v) is 6.34. The van der Waals surface area contributed by atoms with Crippen molar-refractivity contribution >= 4 is 23.0 Å². The van der Waals surface area contributed by atoms with Gasteiger partial charge in [0.1, 0.15) is 12.0 Å². The number of nitrogens with zero attached hydrogens (tertiary/aromatic N) is 2. The highest BCUT2D eigenvalue weighted by atomic mass is 15.1. The van der Waals surface area contributed by atoms with Crippen LogP contribution in [0.25, 0.3) is 0 Å². The highest BCUT2D eigenvalue weighted by Gasteiger charge is 2.16. The lowest BCUT2D eigenvalue weighted by Crippen LogP contribution is -2.23. The first kappa shape index (κ1) is 15.6. The number of hydrogen-bond donors (Lipinski definition) is 3. The van der Waals surface area contributed by atoms with E-state index in [4.69, 9.17) is 5.73 Å². The zero-order valence-corrected chi connectivity index (χ0v) is 13.9. The van der Waals surface area contributed by atoms with E-state index in [0.29, 0.717) is 17.5 Å². The summed E-state index contributed by atoms with van der Waals surface area (Å²) in [7, 11) is 0. The average Bonchev–Trinajstić information content (AvgIpc) is 2.56. The molecule has 1 aliphatic rings. The first-order valence-electron chi connectivity index (χ1n) is 8.35. The number of benzene rings is 1. The Morgan fingerprint density at radius 2 is 1.78 bits per heavy atom. The van der Waals surface area contributed by atoms with Gasteiger partial charge in [0.15, 0.2) is 11.6 Å². The van der Waals surface area contributed by atoms with Crippen LogP contribution in [0.5, 0.6) is 0 Å². The van der Waals surface area contributed by atoms with Gasteiger partial charge in [-0.1, -0.05) is 31.4 Å². The van der Waals surface area contributed by atoms with Gasteiger partial charge in [0.25, 0.3) is 0 Å². The van der Waals surface area contributed by atoms with Gasteiger partial charge in [-0.25, -0.2) is 9.97 Å². The van der Waals surface area contributed by atoms with Crippen molar-refractivity contribution in [3.63, 3.8) is 0 Å². The number of aromatic nitrogens is 2. The number of hydrogen-bond acceptors (Lipinski definition) is 5. The number of anilines is 4. The molecule has 1 fully saturated rings. The maximum atomic E-state index is 6.29. The molecule has 0 saturated heterocycles. The molecule has 4 N–H and O–H groups in total. The molecule has 1 aliphatic carbocycles. The van der Waals surface area contributed by atoms with Crippen LogP contribution in [-0.2, 0) is 0 Å². The third-order valence-electron chi connectivity index (χ3n) is 4.69. The van der Waals surface area contributed by atoms with Crippen molar-refractivity contribution in [3.05, 3.63) is 35.7 Å². The molecule has 0 bridgehead atoms. The summed E-state index contributed by atoms with van der Waals surface area (Å²) in [6, 6.07) is 6.64. The molecule has 0 aliphatic heterocycles. The molecule has 1 heterocycles. The Labute approximate surface area is 137 Å². The Hall–Kier alpha value is -2.30. The van der Waals surface area contributed by atoms with Crippen LogP contribution in [0.1, 0.15) is 43.2 Å². The molecule has 1 aromatic heterocycles. The molecule has 0 spiro atoms. The van der Waals surface area contributed by atoms with Crippen molar-refractivity contribution in [3.8, 4) is 0 Å². The predicted molar refractivity (Wildman–Crippen MR) is 96.1 cm³/mol. The minimum atomic E-state index is 0.467. The third-order valence-corrected chi connectivity index (χ3v) is 4.69. The van der Waals surface area contributed by atoms with Crippen LogP contribution in [0.2, 0.25) is 0 Å². The predicted octanol–water partition coefficient (Wildman–Crippen LogP) is 4.16. The molecule has 122 valence electrons. The summed E-state index contributed by atoms with van der Waals surface area (Å²) in [5, 5.41) is 6.83. The molecule has 0 radical (unpaired) electrons. The second kappa shape index (κ2) is 6.86. The lowest BCUT2D eigenvalue weighted by Gasteiger charge is -2.24. The SMILES string of the molecule is Cc1cccc(Nc2ncnc(NC3CCCCC3)c2N)c1C. The van der Waals surface area contributed by atoms with Crippen LogP contribution in [0.3, 0.4) is 0 Å². The summed E-state index contributed by atoms with van der Waals surface area (Å²) in [5.74, 6) is 1.40. The molecular weight excluding hydrogens is 286 g/mol. The highest BCUT2D eigenvalue weighted by molar-refractivity contribution is 5.78. The van der Waals surface area contributed by atoms with Gasteiger partial charge in [0, 0.05) is 11.7 Å². The van der Waals surface area contributed by atoms with Crippen molar-refractivity contribution < 1.29 is 0 Å². The third kappa shape index (κ3) is 3.55. The molecule has 0 atom stereocenters. The number of rotatable bonds is 4. The Kier molecular flexibility index (Phi) is 4.65. The number of nitrogens with two attached hydrogens (primary N) is 1. The van der Waals surface area contributed by atoms with Gasteiger partial charge in [0.2, 0.25) is 0 Å². The van der Waals surface area contributed by atoms with Gasteiger partial charge in [-0.2, -0.15) is 0 Å². The van der Waals surface area contributed by atoms with Crippen LogP contribution in [0, 0.1) is 13.8 Å². The summed E-state index contributed by atoms with van der Waals surface area (Å²) >= 11 is 0. The molecule has 5 heteroatoms. The topological polar surface area (TPSA) is 75.9 Å². The summed E-state index contributed by atoms with van der Waals surface area (Å²) in [6.45, 7) is 4.19. The normalized spacial score (nSPS) is 15.4. The molecule has 3 rings (SSSR count). The summed E-state index contributed by atoms with van der Waals surface area (Å²) < 4.78 is 0. The molecule has 5 nitrogen and oxygen atoms in total. The molecule has 1 saturated carbocycles. The maximum Gasteiger partial charge on any atom is 0.159 e. The summed E-state index contributed by atoms with van der Waals surface area (Å²) in [4.78, 5) is 8.64. The van der Waals surface area contributed by atoms with E-state index >= 15 is 0 Å². The zero-order chi connectivity index (χ0) is 16.2. The average molecular weight is 311 g/mol. The lowest BCUT2D eigenvalue weighted by molar-refractivity contribution is 0.462. The fourth-order valence-corrected chi connectivity index (χ4v) is 3.06. The first-order chi connectivity index (χ1) is 11.1. The van der Waals surface area contributed by atoms with Gasteiger partial charge in [-0.05, 0) is 43.9 Å². The molecule has 0 unspecified atom stereocenters. The second-order valence-electron chi connectivity index (χ2n) is 6.34. The van der Waals surface area contributed by atoms with E-state index in [9.17, 15) is 0 Å².